The third kappa shape index (κ3) is 4.10. The molecule has 0 spiro atoms. The van der Waals surface area contributed by atoms with Crippen molar-refractivity contribution in [2.24, 2.45) is 0 Å². The van der Waals surface area contributed by atoms with Gasteiger partial charge < -0.3 is 5.32 Å². The minimum Gasteiger partial charge on any atom is -0.320 e. The van der Waals surface area contributed by atoms with Crippen LogP contribution in [0.1, 0.15) is 23.6 Å². The van der Waals surface area contributed by atoms with Crippen LogP contribution in [0.5, 0.6) is 0 Å². The van der Waals surface area contributed by atoms with E-state index in [-0.39, 0.29) is 0 Å². The number of carbonyl (C=O) groups is 1. The molecule has 23 heavy (non-hydrogen) atoms. The van der Waals surface area contributed by atoms with E-state index in [0.717, 1.165) is 33.7 Å². The van der Waals surface area contributed by atoms with Gasteiger partial charge in [-0.15, -0.1) is 11.8 Å². The maximum absolute atomic E-state index is 13.6. The number of benzene rings is 2. The molecule has 0 unspecified atom stereocenters. The molecule has 0 aliphatic heterocycles. The van der Waals surface area contributed by atoms with Crippen molar-refractivity contribution in [3.8, 4) is 0 Å². The summed E-state index contributed by atoms with van der Waals surface area (Å²) >= 11 is 1.39. The molecule has 122 valence electrons. The third-order valence-electron chi connectivity index (χ3n) is 3.48. The number of hydrogen-bond acceptors (Lipinski definition) is 2. The number of hydrogen-bond donors (Lipinski definition) is 1. The first-order valence-electron chi connectivity index (χ1n) is 7.29. The predicted octanol–water partition coefficient (Wildman–Crippen LogP) is 5.01. The van der Waals surface area contributed by atoms with Crippen LogP contribution in [0, 0.1) is 32.4 Å². The van der Waals surface area contributed by atoms with Gasteiger partial charge in [0.05, 0.1) is 5.25 Å². The summed E-state index contributed by atoms with van der Waals surface area (Å²) in [7, 11) is 0. The topological polar surface area (TPSA) is 29.1 Å². The fourth-order valence-electron chi connectivity index (χ4n) is 2.43. The second-order valence-electron chi connectivity index (χ2n) is 5.57. The minimum atomic E-state index is -0.779. The van der Waals surface area contributed by atoms with Crippen molar-refractivity contribution in [2.75, 3.05) is 5.32 Å². The Hall–Kier alpha value is -1.88. The van der Waals surface area contributed by atoms with Crippen LogP contribution in [-0.2, 0) is 4.79 Å². The SMILES string of the molecule is Cc1cc(C)c(S[C@H](C)C(=O)Nc2c(F)cccc2F)c(C)c1. The summed E-state index contributed by atoms with van der Waals surface area (Å²) in [6.07, 6.45) is 0. The van der Waals surface area contributed by atoms with Crippen molar-refractivity contribution in [1.82, 2.24) is 0 Å². The molecule has 5 heteroatoms. The van der Waals surface area contributed by atoms with Crippen LogP contribution < -0.4 is 5.32 Å². The van der Waals surface area contributed by atoms with Gasteiger partial charge in [-0.2, -0.15) is 0 Å². The maximum Gasteiger partial charge on any atom is 0.237 e. The number of halogens is 2. The van der Waals surface area contributed by atoms with E-state index < -0.39 is 28.5 Å². The molecule has 0 aliphatic carbocycles. The van der Waals surface area contributed by atoms with E-state index in [9.17, 15) is 13.6 Å². The lowest BCUT2D eigenvalue weighted by molar-refractivity contribution is -0.115. The van der Waals surface area contributed by atoms with E-state index in [1.807, 2.05) is 20.8 Å². The second kappa shape index (κ2) is 7.13. The maximum atomic E-state index is 13.6. The van der Waals surface area contributed by atoms with Crippen molar-refractivity contribution in [2.45, 2.75) is 37.8 Å². The highest BCUT2D eigenvalue weighted by Gasteiger charge is 2.19. The standard InChI is InChI=1S/C18H19F2NOS/c1-10-8-11(2)17(12(3)9-10)23-13(4)18(22)21-16-14(19)6-5-7-15(16)20/h5-9,13H,1-4H3,(H,21,22)/t13-/m1/s1. The van der Waals surface area contributed by atoms with Gasteiger partial charge in [0.2, 0.25) is 5.91 Å². The lowest BCUT2D eigenvalue weighted by atomic mass is 10.1. The number of carbonyl (C=O) groups excluding carboxylic acids is 1. The van der Waals surface area contributed by atoms with E-state index in [1.165, 1.54) is 17.8 Å². The van der Waals surface area contributed by atoms with Gasteiger partial charge in [-0.1, -0.05) is 23.8 Å². The van der Waals surface area contributed by atoms with E-state index in [2.05, 4.69) is 17.4 Å². The Morgan fingerprint density at radius 1 is 1.09 bits per heavy atom. The molecule has 2 aromatic carbocycles. The van der Waals surface area contributed by atoms with E-state index in [1.54, 1.807) is 6.92 Å². The number of anilines is 1. The normalized spacial score (nSPS) is 12.1. The largest absolute Gasteiger partial charge is 0.320 e. The zero-order valence-electron chi connectivity index (χ0n) is 13.5. The van der Waals surface area contributed by atoms with Crippen LogP contribution in [-0.4, -0.2) is 11.2 Å². The fourth-order valence-corrected chi connectivity index (χ4v) is 3.43. The van der Waals surface area contributed by atoms with Gasteiger partial charge in [-0.3, -0.25) is 4.79 Å². The molecule has 1 atom stereocenters. The summed E-state index contributed by atoms with van der Waals surface area (Å²) in [4.78, 5) is 13.3. The molecule has 1 amide bonds. The summed E-state index contributed by atoms with van der Waals surface area (Å²) in [5.74, 6) is -1.99. The van der Waals surface area contributed by atoms with Crippen LogP contribution in [0.3, 0.4) is 0 Å². The average Bonchev–Trinajstić information content (AvgIpc) is 2.46. The molecule has 1 N–H and O–H groups in total. The smallest absolute Gasteiger partial charge is 0.237 e. The highest BCUT2D eigenvalue weighted by atomic mass is 32.2. The molecule has 0 radical (unpaired) electrons. The Morgan fingerprint density at radius 2 is 1.61 bits per heavy atom. The highest BCUT2D eigenvalue weighted by Crippen LogP contribution is 2.31. The summed E-state index contributed by atoms with van der Waals surface area (Å²) < 4.78 is 27.2. The van der Waals surface area contributed by atoms with Gasteiger partial charge >= 0.3 is 0 Å². The zero-order valence-corrected chi connectivity index (χ0v) is 14.4. The fraction of sp³-hybridized carbons (Fsp3) is 0.278. The Bertz CT molecular complexity index is 703. The minimum absolute atomic E-state index is 0.401. The molecular weight excluding hydrogens is 316 g/mol. The van der Waals surface area contributed by atoms with Crippen LogP contribution >= 0.6 is 11.8 Å². The second-order valence-corrected chi connectivity index (χ2v) is 6.92. The van der Waals surface area contributed by atoms with Gasteiger partial charge in [0, 0.05) is 4.90 Å². The third-order valence-corrected chi connectivity index (χ3v) is 4.93. The molecule has 0 saturated carbocycles. The average molecular weight is 335 g/mol. The summed E-state index contributed by atoms with van der Waals surface area (Å²) in [6, 6.07) is 7.60. The zero-order chi connectivity index (χ0) is 17.1. The molecule has 2 nitrogen and oxygen atoms in total. The van der Waals surface area contributed by atoms with E-state index in [4.69, 9.17) is 0 Å². The quantitative estimate of drug-likeness (QED) is 0.796. The summed E-state index contributed by atoms with van der Waals surface area (Å²) in [5, 5.41) is 1.86. The Labute approximate surface area is 139 Å². The van der Waals surface area contributed by atoms with Crippen LogP contribution in [0.2, 0.25) is 0 Å². The number of thioether (sulfide) groups is 1. The van der Waals surface area contributed by atoms with E-state index >= 15 is 0 Å². The predicted molar refractivity (Wildman–Crippen MR) is 91.0 cm³/mol. The van der Waals surface area contributed by atoms with Crippen molar-refractivity contribution in [1.29, 1.82) is 0 Å². The molecule has 2 rings (SSSR count). The van der Waals surface area contributed by atoms with Crippen LogP contribution in [0.15, 0.2) is 35.2 Å². The van der Waals surface area contributed by atoms with Crippen molar-refractivity contribution in [3.05, 3.63) is 58.7 Å². The molecule has 0 aromatic heterocycles. The summed E-state index contributed by atoms with van der Waals surface area (Å²) in [5.41, 5.74) is 2.94. The Morgan fingerprint density at radius 3 is 2.13 bits per heavy atom. The number of amides is 1. The Kier molecular flexibility index (Phi) is 5.42. The number of aryl methyl sites for hydroxylation is 3. The number of rotatable bonds is 4. The summed E-state index contributed by atoms with van der Waals surface area (Å²) in [6.45, 7) is 7.72. The lowest BCUT2D eigenvalue weighted by Gasteiger charge is -2.16. The number of para-hydroxylation sites is 1. The van der Waals surface area contributed by atoms with Gasteiger partial charge in [0.25, 0.3) is 0 Å². The van der Waals surface area contributed by atoms with Gasteiger partial charge in [-0.05, 0) is 51.0 Å². The number of nitrogens with one attached hydrogen (secondary N) is 1. The van der Waals surface area contributed by atoms with Gasteiger partial charge in [-0.25, -0.2) is 8.78 Å². The van der Waals surface area contributed by atoms with Crippen LogP contribution in [0.4, 0.5) is 14.5 Å². The molecular formula is C18H19F2NOS. The first-order chi connectivity index (χ1) is 10.8. The molecule has 0 heterocycles. The molecule has 2 aromatic rings. The first-order valence-corrected chi connectivity index (χ1v) is 8.17. The highest BCUT2D eigenvalue weighted by molar-refractivity contribution is 8.00. The van der Waals surface area contributed by atoms with Gasteiger partial charge in [0.1, 0.15) is 17.3 Å². The molecule has 0 fully saturated rings. The first kappa shape index (κ1) is 17.5. The lowest BCUT2D eigenvalue weighted by Crippen LogP contribution is -2.23. The van der Waals surface area contributed by atoms with Gasteiger partial charge in [0.15, 0.2) is 0 Å². The van der Waals surface area contributed by atoms with Crippen LogP contribution in [0.25, 0.3) is 0 Å². The van der Waals surface area contributed by atoms with E-state index in [0.29, 0.717) is 0 Å². The molecule has 0 saturated heterocycles. The Balaban J connectivity index is 2.15. The monoisotopic (exact) mass is 335 g/mol. The molecule has 0 aliphatic rings. The van der Waals surface area contributed by atoms with Crippen molar-refractivity contribution >= 4 is 23.4 Å². The van der Waals surface area contributed by atoms with Crippen molar-refractivity contribution < 1.29 is 13.6 Å². The van der Waals surface area contributed by atoms with Crippen molar-refractivity contribution in [3.63, 3.8) is 0 Å². The molecule has 0 bridgehead atoms.